The summed E-state index contributed by atoms with van der Waals surface area (Å²) in [5.74, 6) is -0.835. The third kappa shape index (κ3) is 61.0. The highest BCUT2D eigenvalue weighted by molar-refractivity contribution is 5.71. The fraction of sp³-hybridized carbons (Fsp3) is 0.926. The fourth-order valence-corrected chi connectivity index (χ4v) is 10.4. The van der Waals surface area contributed by atoms with Crippen molar-refractivity contribution < 1.29 is 28.6 Å². The molecule has 74 heavy (non-hydrogen) atoms. The fourth-order valence-electron chi connectivity index (χ4n) is 10.4. The maximum Gasteiger partial charge on any atom is 0.306 e. The van der Waals surface area contributed by atoms with Gasteiger partial charge in [0.25, 0.3) is 0 Å². The minimum atomic E-state index is -0.764. The van der Waals surface area contributed by atoms with Crippen molar-refractivity contribution in [1.29, 1.82) is 0 Å². The van der Waals surface area contributed by atoms with Crippen molar-refractivity contribution >= 4 is 17.9 Å². The molecule has 0 aliphatic carbocycles. The van der Waals surface area contributed by atoms with Crippen LogP contribution in [0, 0.1) is 0 Å². The second-order valence-electron chi connectivity index (χ2n) is 23.1. The van der Waals surface area contributed by atoms with E-state index in [9.17, 15) is 14.4 Å². The van der Waals surface area contributed by atoms with E-state index in [1.807, 2.05) is 0 Å². The molecule has 0 saturated heterocycles. The summed E-state index contributed by atoms with van der Waals surface area (Å²) in [6.45, 7) is 6.70. The summed E-state index contributed by atoms with van der Waals surface area (Å²) >= 11 is 0. The van der Waals surface area contributed by atoms with E-state index in [0.717, 1.165) is 57.8 Å². The van der Waals surface area contributed by atoms with Crippen molar-refractivity contribution in [2.45, 2.75) is 393 Å². The summed E-state index contributed by atoms with van der Waals surface area (Å²) in [5, 5.41) is 0. The quantitative estimate of drug-likeness (QED) is 0.0261. The first-order chi connectivity index (χ1) is 36.5. The molecule has 6 heteroatoms. The zero-order chi connectivity index (χ0) is 53.6. The van der Waals surface area contributed by atoms with E-state index < -0.39 is 6.10 Å². The highest BCUT2D eigenvalue weighted by Gasteiger charge is 2.19. The van der Waals surface area contributed by atoms with Gasteiger partial charge in [0.15, 0.2) is 6.10 Å². The molecule has 1 unspecified atom stereocenters. The smallest absolute Gasteiger partial charge is 0.306 e. The average Bonchev–Trinajstić information content (AvgIpc) is 3.40. The Kier molecular flexibility index (Phi) is 62.1. The second kappa shape index (κ2) is 63.7. The van der Waals surface area contributed by atoms with Crippen LogP contribution >= 0.6 is 0 Å². The number of carbonyl (C=O) groups is 3. The number of rotatable bonds is 63. The first-order valence-electron chi connectivity index (χ1n) is 33.7. The maximum absolute atomic E-state index is 12.9. The molecule has 0 N–H and O–H groups in total. The molecular weight excluding hydrogens is 913 g/mol. The topological polar surface area (TPSA) is 78.9 Å². The Morgan fingerprint density at radius 1 is 0.257 bits per heavy atom. The van der Waals surface area contributed by atoms with Gasteiger partial charge in [-0.05, 0) is 44.9 Å². The number of esters is 3. The Balaban J connectivity index is 4.12. The predicted octanol–water partition coefficient (Wildman–Crippen LogP) is 22.8. The highest BCUT2D eigenvalue weighted by atomic mass is 16.6. The zero-order valence-electron chi connectivity index (χ0n) is 50.4. The van der Waals surface area contributed by atoms with Crippen LogP contribution < -0.4 is 0 Å². The molecular formula is C68H130O6. The van der Waals surface area contributed by atoms with Crippen molar-refractivity contribution in [2.24, 2.45) is 0 Å². The van der Waals surface area contributed by atoms with Crippen LogP contribution in [-0.4, -0.2) is 37.2 Å². The van der Waals surface area contributed by atoms with E-state index in [4.69, 9.17) is 14.2 Å². The molecule has 0 spiro atoms. The minimum absolute atomic E-state index is 0.0635. The van der Waals surface area contributed by atoms with E-state index in [2.05, 4.69) is 32.9 Å². The molecule has 0 aromatic rings. The summed E-state index contributed by atoms with van der Waals surface area (Å²) in [6, 6.07) is 0. The van der Waals surface area contributed by atoms with Crippen LogP contribution in [-0.2, 0) is 28.6 Å². The third-order valence-electron chi connectivity index (χ3n) is 15.5. The molecule has 0 heterocycles. The summed E-state index contributed by atoms with van der Waals surface area (Å²) < 4.78 is 16.9. The van der Waals surface area contributed by atoms with Gasteiger partial charge in [-0.2, -0.15) is 0 Å². The van der Waals surface area contributed by atoms with Crippen molar-refractivity contribution in [3.63, 3.8) is 0 Å². The van der Waals surface area contributed by atoms with E-state index in [1.165, 1.54) is 289 Å². The molecule has 6 nitrogen and oxygen atoms in total. The van der Waals surface area contributed by atoms with Crippen LogP contribution in [0.5, 0.6) is 0 Å². The standard InChI is InChI=1S/C68H130O6/c1-4-7-10-13-16-19-21-23-25-27-29-31-33-34-35-37-38-40-42-44-46-49-52-55-58-61-67(70)73-64-65(63-72-66(69)60-57-54-51-48-18-15-12-9-6-3)74-68(71)62-59-56-53-50-47-45-43-41-39-36-32-30-28-26-24-22-20-17-14-11-8-5-2/h27,29,65H,4-26,28,30-64H2,1-3H3/b29-27-. The molecule has 0 aromatic heterocycles. The predicted molar refractivity (Wildman–Crippen MR) is 321 cm³/mol. The molecule has 438 valence electrons. The van der Waals surface area contributed by atoms with E-state index in [0.29, 0.717) is 19.3 Å². The molecule has 0 saturated carbocycles. The van der Waals surface area contributed by atoms with Crippen LogP contribution in [0.3, 0.4) is 0 Å². The molecule has 0 aliphatic rings. The highest BCUT2D eigenvalue weighted by Crippen LogP contribution is 2.18. The Hall–Kier alpha value is -1.85. The number of carbonyl (C=O) groups excluding carboxylic acids is 3. The van der Waals surface area contributed by atoms with Gasteiger partial charge in [-0.1, -0.05) is 335 Å². The van der Waals surface area contributed by atoms with Gasteiger partial charge in [0.05, 0.1) is 0 Å². The molecule has 0 aliphatic heterocycles. The largest absolute Gasteiger partial charge is 0.462 e. The van der Waals surface area contributed by atoms with Gasteiger partial charge >= 0.3 is 17.9 Å². The molecule has 0 rings (SSSR count). The maximum atomic E-state index is 12.9. The van der Waals surface area contributed by atoms with Crippen molar-refractivity contribution in [2.75, 3.05) is 13.2 Å². The Morgan fingerprint density at radius 2 is 0.446 bits per heavy atom. The van der Waals surface area contributed by atoms with Gasteiger partial charge in [-0.25, -0.2) is 0 Å². The Morgan fingerprint density at radius 3 is 0.676 bits per heavy atom. The van der Waals surface area contributed by atoms with Crippen LogP contribution in [0.25, 0.3) is 0 Å². The van der Waals surface area contributed by atoms with E-state index in [-0.39, 0.29) is 31.1 Å². The molecule has 0 aromatic carbocycles. The van der Waals surface area contributed by atoms with Gasteiger partial charge in [-0.15, -0.1) is 0 Å². The van der Waals surface area contributed by atoms with E-state index in [1.54, 1.807) is 0 Å². The Bertz CT molecular complexity index is 1150. The summed E-state index contributed by atoms with van der Waals surface area (Å²) in [4.78, 5) is 38.2. The summed E-state index contributed by atoms with van der Waals surface area (Å²) in [6.07, 6.45) is 75.3. The lowest BCUT2D eigenvalue weighted by Crippen LogP contribution is -2.30. The normalized spacial score (nSPS) is 12.0. The van der Waals surface area contributed by atoms with Crippen molar-refractivity contribution in [3.05, 3.63) is 12.2 Å². The van der Waals surface area contributed by atoms with Gasteiger partial charge in [0, 0.05) is 19.3 Å². The van der Waals surface area contributed by atoms with Gasteiger partial charge in [-0.3, -0.25) is 14.4 Å². The van der Waals surface area contributed by atoms with Crippen LogP contribution in [0.15, 0.2) is 12.2 Å². The lowest BCUT2D eigenvalue weighted by atomic mass is 10.0. The number of unbranched alkanes of at least 4 members (excludes halogenated alkanes) is 50. The number of ether oxygens (including phenoxy) is 3. The van der Waals surface area contributed by atoms with Gasteiger partial charge in [0.2, 0.25) is 0 Å². The number of hydrogen-bond donors (Lipinski definition) is 0. The Labute approximate surface area is 462 Å². The van der Waals surface area contributed by atoms with E-state index >= 15 is 0 Å². The number of hydrogen-bond acceptors (Lipinski definition) is 6. The van der Waals surface area contributed by atoms with Gasteiger partial charge < -0.3 is 14.2 Å². The molecule has 0 fully saturated rings. The van der Waals surface area contributed by atoms with Gasteiger partial charge in [0.1, 0.15) is 13.2 Å². The first kappa shape index (κ1) is 72.2. The minimum Gasteiger partial charge on any atom is -0.462 e. The molecule has 0 bridgehead atoms. The number of allylic oxidation sites excluding steroid dienone is 2. The second-order valence-corrected chi connectivity index (χ2v) is 23.1. The van der Waals surface area contributed by atoms with Crippen molar-refractivity contribution in [1.82, 2.24) is 0 Å². The molecule has 1 atom stereocenters. The van der Waals surface area contributed by atoms with Crippen LogP contribution in [0.2, 0.25) is 0 Å². The lowest BCUT2D eigenvalue weighted by Gasteiger charge is -2.18. The SMILES string of the molecule is CCCCCCCCCC/C=C\CCCCCCCCCCCCCCCC(=O)OCC(COC(=O)CCCCCCCCCCC)OC(=O)CCCCCCCCCCCCCCCCCCCCCCCC. The zero-order valence-corrected chi connectivity index (χ0v) is 50.4. The van der Waals surface area contributed by atoms with Crippen LogP contribution in [0.4, 0.5) is 0 Å². The third-order valence-corrected chi connectivity index (χ3v) is 15.5. The summed E-state index contributed by atoms with van der Waals surface area (Å²) in [5.41, 5.74) is 0. The monoisotopic (exact) mass is 1040 g/mol. The first-order valence-corrected chi connectivity index (χ1v) is 33.7. The molecule has 0 amide bonds. The average molecular weight is 1040 g/mol. The molecule has 0 radical (unpaired) electrons. The van der Waals surface area contributed by atoms with Crippen molar-refractivity contribution in [3.8, 4) is 0 Å². The van der Waals surface area contributed by atoms with Crippen LogP contribution in [0.1, 0.15) is 387 Å². The summed E-state index contributed by atoms with van der Waals surface area (Å²) in [7, 11) is 0. The lowest BCUT2D eigenvalue weighted by molar-refractivity contribution is -0.167.